The minimum atomic E-state index is -1.70. The van der Waals surface area contributed by atoms with Crippen molar-refractivity contribution in [2.75, 3.05) is 45.8 Å². The predicted molar refractivity (Wildman–Crippen MR) is 335 cm³/mol. The second-order valence-electron chi connectivity index (χ2n) is 21.7. The Bertz CT molecular complexity index is 2510. The van der Waals surface area contributed by atoms with E-state index in [1.54, 1.807) is 0 Å². The Morgan fingerprint density at radius 2 is 0.769 bits per heavy atom. The van der Waals surface area contributed by atoms with Crippen molar-refractivity contribution < 1.29 is 68.1 Å². The van der Waals surface area contributed by atoms with Crippen LogP contribution in [0.3, 0.4) is 0 Å². The van der Waals surface area contributed by atoms with Gasteiger partial charge in [-0.1, -0.05) is 0 Å². The van der Waals surface area contributed by atoms with E-state index in [2.05, 4.69) is 62.5 Å². The lowest BCUT2D eigenvalue weighted by Gasteiger charge is -2.29. The molecule has 1 saturated heterocycles. The Hall–Kier alpha value is -8.91. The van der Waals surface area contributed by atoms with E-state index in [4.69, 9.17) is 63.1 Å². The van der Waals surface area contributed by atoms with Crippen molar-refractivity contribution in [1.29, 1.82) is 0 Å². The third kappa shape index (κ3) is 32.9. The van der Waals surface area contributed by atoms with Crippen LogP contribution in [-0.2, 0) is 52.7 Å². The highest BCUT2D eigenvalue weighted by Gasteiger charge is 2.40. The molecule has 1 fully saturated rings. The van der Waals surface area contributed by atoms with Gasteiger partial charge < -0.3 is 126 Å². The number of nitrogens with two attached hydrogens (primary N) is 11. The van der Waals surface area contributed by atoms with Gasteiger partial charge in [-0.2, -0.15) is 0 Å². The number of carboxylic acids is 2. The number of carboxylic acid groups (broad SMARTS) is 2. The number of amides is 9. The summed E-state index contributed by atoms with van der Waals surface area (Å²) in [7, 11) is 0. The van der Waals surface area contributed by atoms with Crippen LogP contribution in [-0.4, -0.2) is 221 Å². The molecule has 0 saturated carbocycles. The summed E-state index contributed by atoms with van der Waals surface area (Å²) in [4.78, 5) is 167. The molecule has 1 heterocycles. The fourth-order valence-corrected chi connectivity index (χ4v) is 9.14. The standard InChI is InChI=1S/C53H100N24O14/c1-28(40(81)70-30(12-3-5-21-54)42(83)71-31(13-4-6-22-55)45(86)76-36(49(90)91)17-10-26-68-53(63)64)69-41(82)32(14-7-23-65-50(57)58)72-43(84)33(15-8-24-66-51(59)60)73-46(87)35(19-20-38(79)80)74-44(85)34(16-9-25-67-52(61)62)75-47(88)37-18-11-27-77(37)48(89)39(56)29(2)78/h28-37,39,78H,3-27,54-56H2,1-2H3,(H,69,82)(H,70,81)(H,71,83)(H,72,84)(H,73,87)(H,74,85)(H,75,88)(H,76,86)(H,79,80)(H,90,91)(H4,57,58,65)(H4,59,60,66)(H4,61,62,67)(H4,63,64,68)/t28-,29+,30-,31-,32-,33-,34-,35-,36-,37-,39-/m0/s1. The van der Waals surface area contributed by atoms with Gasteiger partial charge in [-0.05, 0) is 136 Å². The summed E-state index contributed by atoms with van der Waals surface area (Å²) in [6.07, 6.45) is -0.732. The Balaban J connectivity index is 3.65. The summed E-state index contributed by atoms with van der Waals surface area (Å²) in [5.41, 5.74) is 61.1. The van der Waals surface area contributed by atoms with E-state index in [9.17, 15) is 68.1 Å². The van der Waals surface area contributed by atoms with Gasteiger partial charge in [0.2, 0.25) is 53.2 Å². The molecule has 0 bridgehead atoms. The number of aliphatic hydroxyl groups excluding tert-OH is 1. The minimum Gasteiger partial charge on any atom is -0.481 e. The number of unbranched alkanes of at least 4 members (excludes halogenated alkanes) is 2. The van der Waals surface area contributed by atoms with Crippen molar-refractivity contribution in [3.63, 3.8) is 0 Å². The highest BCUT2D eigenvalue weighted by molar-refractivity contribution is 5.99. The smallest absolute Gasteiger partial charge is 0.326 e. The van der Waals surface area contributed by atoms with Gasteiger partial charge in [0, 0.05) is 39.1 Å². The summed E-state index contributed by atoms with van der Waals surface area (Å²) in [5.74, 6) is -11.9. The lowest BCUT2D eigenvalue weighted by atomic mass is 10.0. The number of guanidine groups is 4. The maximum Gasteiger partial charge on any atom is 0.326 e. The fourth-order valence-electron chi connectivity index (χ4n) is 9.14. The number of aliphatic imine (C=N–C) groups is 4. The first-order valence-electron chi connectivity index (χ1n) is 30.2. The van der Waals surface area contributed by atoms with E-state index in [1.165, 1.54) is 18.7 Å². The number of aliphatic carboxylic acids is 2. The summed E-state index contributed by atoms with van der Waals surface area (Å²) in [6.45, 7) is 3.12. The second-order valence-corrected chi connectivity index (χ2v) is 21.7. The molecule has 516 valence electrons. The molecule has 38 nitrogen and oxygen atoms in total. The van der Waals surface area contributed by atoms with E-state index >= 15 is 0 Å². The van der Waals surface area contributed by atoms with Crippen molar-refractivity contribution >= 4 is 88.9 Å². The average Bonchev–Trinajstić information content (AvgIpc) is 1.97. The van der Waals surface area contributed by atoms with Crippen molar-refractivity contribution in [2.45, 2.75) is 196 Å². The van der Waals surface area contributed by atoms with Crippen LogP contribution in [0, 0.1) is 0 Å². The van der Waals surface area contributed by atoms with E-state index < -0.39 is 144 Å². The molecule has 1 rings (SSSR count). The van der Waals surface area contributed by atoms with Crippen molar-refractivity contribution in [3.8, 4) is 0 Å². The van der Waals surface area contributed by atoms with Crippen LogP contribution in [0.4, 0.5) is 0 Å². The number of rotatable bonds is 46. The zero-order valence-corrected chi connectivity index (χ0v) is 51.9. The first kappa shape index (κ1) is 80.1. The lowest BCUT2D eigenvalue weighted by molar-refractivity contribution is -0.142. The molecule has 0 unspecified atom stereocenters. The van der Waals surface area contributed by atoms with Gasteiger partial charge in [0.15, 0.2) is 23.8 Å². The molecule has 91 heavy (non-hydrogen) atoms. The average molecular weight is 1300 g/mol. The summed E-state index contributed by atoms with van der Waals surface area (Å²) < 4.78 is 0. The van der Waals surface area contributed by atoms with Crippen LogP contribution in [0.25, 0.3) is 0 Å². The van der Waals surface area contributed by atoms with Crippen LogP contribution in [0.2, 0.25) is 0 Å². The summed E-state index contributed by atoms with van der Waals surface area (Å²) in [6, 6.07) is -14.1. The number of nitrogens with one attached hydrogen (secondary N) is 8. The maximum atomic E-state index is 14.5. The highest BCUT2D eigenvalue weighted by Crippen LogP contribution is 2.20. The van der Waals surface area contributed by atoms with Gasteiger partial charge in [-0.25, -0.2) is 4.79 Å². The fraction of sp³-hybridized carbons (Fsp3) is 0.717. The number of aliphatic hydroxyl groups is 1. The first-order valence-corrected chi connectivity index (χ1v) is 30.2. The monoisotopic (exact) mass is 1300 g/mol. The van der Waals surface area contributed by atoms with Crippen LogP contribution < -0.4 is 106 Å². The van der Waals surface area contributed by atoms with Gasteiger partial charge in [-0.15, -0.1) is 0 Å². The Labute approximate surface area is 527 Å². The van der Waals surface area contributed by atoms with Crippen molar-refractivity contribution in [3.05, 3.63) is 0 Å². The molecule has 0 aromatic heterocycles. The zero-order valence-electron chi connectivity index (χ0n) is 51.9. The van der Waals surface area contributed by atoms with Gasteiger partial charge in [0.05, 0.1) is 6.10 Å². The van der Waals surface area contributed by atoms with Gasteiger partial charge in [0.25, 0.3) is 0 Å². The largest absolute Gasteiger partial charge is 0.481 e. The van der Waals surface area contributed by atoms with E-state index in [0.29, 0.717) is 32.1 Å². The van der Waals surface area contributed by atoms with E-state index in [-0.39, 0.29) is 140 Å². The van der Waals surface area contributed by atoms with Gasteiger partial charge >= 0.3 is 11.9 Å². The number of carbonyl (C=O) groups is 11. The lowest BCUT2D eigenvalue weighted by Crippen LogP contribution is -2.60. The Morgan fingerprint density at radius 1 is 0.451 bits per heavy atom. The van der Waals surface area contributed by atoms with E-state index in [0.717, 1.165) is 0 Å². The third-order valence-corrected chi connectivity index (χ3v) is 14.1. The SMILES string of the molecule is C[C@H](NC(=O)[C@H](CCCN=C(N)N)NC(=O)[C@H](CCCN=C(N)N)NC(=O)[C@H](CCC(=O)O)NC(=O)[C@H](CCCN=C(N)N)NC(=O)[C@@H]1CCCN1C(=O)[C@@H](N)[C@@H](C)O)C(=O)N[C@@H](CCCCN)C(=O)N[C@@H](CCCCN)C(=O)N[C@@H](CCCN=C(N)N)C(=O)O. The van der Waals surface area contributed by atoms with Gasteiger partial charge in [0.1, 0.15) is 60.4 Å². The molecule has 0 radical (unpaired) electrons. The maximum absolute atomic E-state index is 14.5. The van der Waals surface area contributed by atoms with Crippen LogP contribution in [0.15, 0.2) is 20.0 Å². The second kappa shape index (κ2) is 43.7. The van der Waals surface area contributed by atoms with Gasteiger partial charge in [-0.3, -0.25) is 67.9 Å². The topological polar surface area (TPSA) is 684 Å². The van der Waals surface area contributed by atoms with Crippen molar-refractivity contribution in [2.24, 2.45) is 83.0 Å². The third-order valence-electron chi connectivity index (χ3n) is 14.1. The Kier molecular flexibility index (Phi) is 38.5. The molecule has 1 aliphatic heterocycles. The molecule has 33 N–H and O–H groups in total. The summed E-state index contributed by atoms with van der Waals surface area (Å²) in [5, 5.41) is 49.9. The molecule has 0 spiro atoms. The number of carbonyl (C=O) groups excluding carboxylic acids is 9. The highest BCUT2D eigenvalue weighted by atomic mass is 16.4. The minimum absolute atomic E-state index is 0.00179. The molecular formula is C53H100N24O14. The Morgan fingerprint density at radius 3 is 1.11 bits per heavy atom. The molecule has 0 aromatic carbocycles. The molecule has 1 aliphatic rings. The number of hydrogen-bond donors (Lipinski definition) is 22. The van der Waals surface area contributed by atoms with Crippen LogP contribution >= 0.6 is 0 Å². The van der Waals surface area contributed by atoms with Crippen LogP contribution in [0.1, 0.15) is 129 Å². The molecule has 11 atom stereocenters. The van der Waals surface area contributed by atoms with Crippen molar-refractivity contribution in [1.82, 2.24) is 47.4 Å². The molecule has 0 aliphatic carbocycles. The van der Waals surface area contributed by atoms with E-state index in [1.807, 2.05) is 0 Å². The summed E-state index contributed by atoms with van der Waals surface area (Å²) >= 11 is 0. The normalized spacial score (nSPS) is 15.9. The van der Waals surface area contributed by atoms with Crippen LogP contribution in [0.5, 0.6) is 0 Å². The zero-order chi connectivity index (χ0) is 68.8. The number of likely N-dealkylation sites (tertiary alicyclic amines) is 1. The first-order chi connectivity index (χ1) is 42.9. The molecule has 0 aromatic rings. The quantitative estimate of drug-likeness (QED) is 0.0153. The molecule has 38 heteroatoms. The molecule has 9 amide bonds. The number of hydrogen-bond acceptors (Lipinski definition) is 19. The number of nitrogens with zero attached hydrogens (tertiary/aromatic N) is 5. The molecular weight excluding hydrogens is 1200 g/mol. The predicted octanol–water partition coefficient (Wildman–Crippen LogP) is -8.99.